The molecule has 1 aromatic carbocycles. The van der Waals surface area contributed by atoms with Crippen LogP contribution in [-0.2, 0) is 14.8 Å². The molecule has 116 valence electrons. The van der Waals surface area contributed by atoms with Gasteiger partial charge in [-0.05, 0) is 47.0 Å². The van der Waals surface area contributed by atoms with Crippen molar-refractivity contribution in [2.45, 2.75) is 42.7 Å². The fourth-order valence-corrected chi connectivity index (χ4v) is 5.05. The van der Waals surface area contributed by atoms with E-state index < -0.39 is 15.8 Å². The summed E-state index contributed by atoms with van der Waals surface area (Å²) in [7, 11) is -3.68. The number of fused-ring (bicyclic) bond motifs is 1. The van der Waals surface area contributed by atoms with E-state index in [1.807, 2.05) is 0 Å². The molecule has 2 atom stereocenters. The van der Waals surface area contributed by atoms with Crippen LogP contribution in [0.3, 0.4) is 0 Å². The number of rotatable bonds is 2. The zero-order valence-electron chi connectivity index (χ0n) is 11.5. The average Bonchev–Trinajstić information content (AvgIpc) is 2.49. The van der Waals surface area contributed by atoms with Gasteiger partial charge in [0.25, 0.3) is 0 Å². The molecule has 2 aliphatic rings. The number of hydrogen-bond donors (Lipinski definition) is 0. The van der Waals surface area contributed by atoms with E-state index >= 15 is 0 Å². The molecule has 0 radical (unpaired) electrons. The van der Waals surface area contributed by atoms with Crippen LogP contribution in [0.15, 0.2) is 27.6 Å². The number of morpholine rings is 1. The molecule has 0 aromatic heterocycles. The van der Waals surface area contributed by atoms with Crippen molar-refractivity contribution < 1.29 is 17.5 Å². The first-order chi connectivity index (χ1) is 10.00. The van der Waals surface area contributed by atoms with Crippen LogP contribution in [0.25, 0.3) is 0 Å². The van der Waals surface area contributed by atoms with Crippen molar-refractivity contribution in [3.63, 3.8) is 0 Å². The second kappa shape index (κ2) is 5.95. The smallest absolute Gasteiger partial charge is 0.243 e. The summed E-state index contributed by atoms with van der Waals surface area (Å²) in [6, 6.07) is 3.83. The van der Waals surface area contributed by atoms with Crippen LogP contribution in [0, 0.1) is 5.82 Å². The Balaban J connectivity index is 1.94. The summed E-state index contributed by atoms with van der Waals surface area (Å²) in [5.74, 6) is -0.565. The van der Waals surface area contributed by atoms with Gasteiger partial charge in [0.1, 0.15) is 5.82 Å². The normalized spacial score (nSPS) is 27.3. The highest BCUT2D eigenvalue weighted by molar-refractivity contribution is 9.10. The summed E-state index contributed by atoms with van der Waals surface area (Å²) in [6.45, 7) is 0.737. The minimum atomic E-state index is -3.68. The average molecular weight is 378 g/mol. The first-order valence-electron chi connectivity index (χ1n) is 7.08. The van der Waals surface area contributed by atoms with Crippen molar-refractivity contribution in [1.82, 2.24) is 4.31 Å². The van der Waals surface area contributed by atoms with Gasteiger partial charge in [-0.2, -0.15) is 4.31 Å². The Bertz CT molecular complexity index is 635. The molecule has 1 aliphatic carbocycles. The van der Waals surface area contributed by atoms with Gasteiger partial charge in [-0.3, -0.25) is 0 Å². The maximum absolute atomic E-state index is 13.7. The highest BCUT2D eigenvalue weighted by atomic mass is 79.9. The van der Waals surface area contributed by atoms with Gasteiger partial charge < -0.3 is 4.74 Å². The van der Waals surface area contributed by atoms with Crippen molar-refractivity contribution >= 4 is 26.0 Å². The van der Waals surface area contributed by atoms with E-state index in [2.05, 4.69) is 15.9 Å². The topological polar surface area (TPSA) is 46.6 Å². The van der Waals surface area contributed by atoms with Gasteiger partial charge in [0.2, 0.25) is 10.0 Å². The van der Waals surface area contributed by atoms with Gasteiger partial charge in [0.15, 0.2) is 0 Å². The van der Waals surface area contributed by atoms with Gasteiger partial charge in [0, 0.05) is 6.54 Å². The number of nitrogens with zero attached hydrogens (tertiary/aromatic N) is 1. The van der Waals surface area contributed by atoms with E-state index in [0.29, 0.717) is 13.2 Å². The largest absolute Gasteiger partial charge is 0.375 e. The molecular weight excluding hydrogens is 361 g/mol. The summed E-state index contributed by atoms with van der Waals surface area (Å²) in [5, 5.41) is 0. The van der Waals surface area contributed by atoms with Crippen LogP contribution in [0.5, 0.6) is 0 Å². The van der Waals surface area contributed by atoms with E-state index in [4.69, 9.17) is 4.74 Å². The summed E-state index contributed by atoms with van der Waals surface area (Å²) >= 11 is 3.04. The third-order valence-electron chi connectivity index (χ3n) is 4.18. The third kappa shape index (κ3) is 2.88. The van der Waals surface area contributed by atoms with Crippen LogP contribution in [0.2, 0.25) is 0 Å². The Morgan fingerprint density at radius 2 is 2.05 bits per heavy atom. The molecule has 2 unspecified atom stereocenters. The molecule has 1 saturated carbocycles. The molecule has 0 N–H and O–H groups in total. The van der Waals surface area contributed by atoms with Crippen LogP contribution in [-0.4, -0.2) is 38.0 Å². The molecule has 0 spiro atoms. The van der Waals surface area contributed by atoms with Crippen molar-refractivity contribution in [1.29, 1.82) is 0 Å². The Hall–Kier alpha value is -0.500. The van der Waals surface area contributed by atoms with Crippen LogP contribution in [0.4, 0.5) is 4.39 Å². The lowest BCUT2D eigenvalue weighted by molar-refractivity contribution is -0.0586. The minimum Gasteiger partial charge on any atom is -0.375 e. The standard InChI is InChI=1S/C14H17BrFNO3S/c15-11-6-5-10(9-12(11)16)21(18,19)17-7-8-20-14-4-2-1-3-13(14)17/h5-6,9,13-14H,1-4,7-8H2. The molecule has 2 fully saturated rings. The molecule has 1 aromatic rings. The predicted octanol–water partition coefficient (Wildman–Crippen LogP) is 2.92. The van der Waals surface area contributed by atoms with Crippen LogP contribution in [0.1, 0.15) is 25.7 Å². The Labute approximate surface area is 132 Å². The minimum absolute atomic E-state index is 0.00873. The fraction of sp³-hybridized carbons (Fsp3) is 0.571. The van der Waals surface area contributed by atoms with Gasteiger partial charge in [-0.25, -0.2) is 12.8 Å². The highest BCUT2D eigenvalue weighted by Gasteiger charge is 2.40. The zero-order chi connectivity index (χ0) is 15.0. The first-order valence-corrected chi connectivity index (χ1v) is 9.32. The maximum atomic E-state index is 13.7. The van der Waals surface area contributed by atoms with Crippen molar-refractivity contribution in [2.75, 3.05) is 13.2 Å². The Morgan fingerprint density at radius 1 is 1.29 bits per heavy atom. The summed E-state index contributed by atoms with van der Waals surface area (Å²) in [5.41, 5.74) is 0. The van der Waals surface area contributed by atoms with Crippen molar-refractivity contribution in [3.05, 3.63) is 28.5 Å². The lowest BCUT2D eigenvalue weighted by atomic mass is 9.91. The molecule has 3 rings (SSSR count). The third-order valence-corrected chi connectivity index (χ3v) is 6.74. The fourth-order valence-electron chi connectivity index (χ4n) is 3.13. The van der Waals surface area contributed by atoms with E-state index in [1.54, 1.807) is 0 Å². The van der Waals surface area contributed by atoms with E-state index in [9.17, 15) is 12.8 Å². The monoisotopic (exact) mass is 377 g/mol. The molecule has 7 heteroatoms. The van der Waals surface area contributed by atoms with E-state index in [0.717, 1.165) is 31.7 Å². The van der Waals surface area contributed by atoms with Crippen LogP contribution < -0.4 is 0 Å². The number of sulfonamides is 1. The predicted molar refractivity (Wildman–Crippen MR) is 80.0 cm³/mol. The van der Waals surface area contributed by atoms with Crippen molar-refractivity contribution in [3.8, 4) is 0 Å². The van der Waals surface area contributed by atoms with Crippen LogP contribution >= 0.6 is 15.9 Å². The van der Waals surface area contributed by atoms with Gasteiger partial charge in [0.05, 0.1) is 28.1 Å². The molecule has 4 nitrogen and oxygen atoms in total. The van der Waals surface area contributed by atoms with Gasteiger partial charge in [-0.15, -0.1) is 0 Å². The summed E-state index contributed by atoms with van der Waals surface area (Å²) in [6.07, 6.45) is 3.75. The van der Waals surface area contributed by atoms with E-state index in [-0.39, 0.29) is 21.5 Å². The molecule has 1 saturated heterocycles. The maximum Gasteiger partial charge on any atom is 0.243 e. The molecule has 21 heavy (non-hydrogen) atoms. The lowest BCUT2D eigenvalue weighted by Gasteiger charge is -2.42. The van der Waals surface area contributed by atoms with E-state index in [1.165, 1.54) is 16.4 Å². The Morgan fingerprint density at radius 3 is 2.81 bits per heavy atom. The number of benzene rings is 1. The Kier molecular flexibility index (Phi) is 4.36. The SMILES string of the molecule is O=S(=O)(c1ccc(Br)c(F)c1)N1CCOC2CCCCC21. The number of ether oxygens (including phenoxy) is 1. The molecule has 0 amide bonds. The van der Waals surface area contributed by atoms with Gasteiger partial charge in [-0.1, -0.05) is 12.8 Å². The quantitative estimate of drug-likeness (QED) is 0.795. The first kappa shape index (κ1) is 15.4. The number of hydrogen-bond acceptors (Lipinski definition) is 3. The lowest BCUT2D eigenvalue weighted by Crippen LogP contribution is -2.54. The van der Waals surface area contributed by atoms with Crippen molar-refractivity contribution in [2.24, 2.45) is 0 Å². The molecule has 1 heterocycles. The highest BCUT2D eigenvalue weighted by Crippen LogP contribution is 2.32. The second-order valence-electron chi connectivity index (χ2n) is 5.45. The summed E-state index contributed by atoms with van der Waals surface area (Å²) < 4.78 is 46.7. The molecular formula is C14H17BrFNO3S. The number of halogens is 2. The zero-order valence-corrected chi connectivity index (χ0v) is 13.9. The van der Waals surface area contributed by atoms with Gasteiger partial charge >= 0.3 is 0 Å². The molecule has 1 aliphatic heterocycles. The molecule has 0 bridgehead atoms. The summed E-state index contributed by atoms with van der Waals surface area (Å²) in [4.78, 5) is 0.00873. The second-order valence-corrected chi connectivity index (χ2v) is 8.20.